The number of piperidine rings is 1. The molecule has 0 radical (unpaired) electrons. The van der Waals surface area contributed by atoms with Crippen LogP contribution in [0.3, 0.4) is 0 Å². The number of nitrogens with two attached hydrogens (primary N) is 1. The standard InChI is InChI=1S/C14H22N2S/c1-10-9-16(7-6-12(10)15)14(11-4-5-11)13-3-2-8-17-13/h2-3,8,10-12,14H,4-7,9,15H2,1H3. The predicted molar refractivity (Wildman–Crippen MR) is 73.1 cm³/mol. The van der Waals surface area contributed by atoms with Crippen LogP contribution in [-0.4, -0.2) is 24.0 Å². The van der Waals surface area contributed by atoms with Gasteiger partial charge in [-0.25, -0.2) is 0 Å². The second-order valence-electron chi connectivity index (χ2n) is 5.72. The van der Waals surface area contributed by atoms with Gasteiger partial charge in [-0.3, -0.25) is 4.90 Å². The molecule has 3 unspecified atom stereocenters. The van der Waals surface area contributed by atoms with Crippen LogP contribution in [0.25, 0.3) is 0 Å². The molecule has 1 aliphatic heterocycles. The van der Waals surface area contributed by atoms with Crippen molar-refractivity contribution >= 4 is 11.3 Å². The van der Waals surface area contributed by atoms with Crippen LogP contribution in [0.2, 0.25) is 0 Å². The molecule has 3 atom stereocenters. The lowest BCUT2D eigenvalue weighted by Crippen LogP contribution is -2.47. The van der Waals surface area contributed by atoms with Gasteiger partial charge in [0.2, 0.25) is 0 Å². The fourth-order valence-corrected chi connectivity index (χ4v) is 3.98. The minimum atomic E-state index is 0.412. The lowest BCUT2D eigenvalue weighted by Gasteiger charge is -2.40. The van der Waals surface area contributed by atoms with Gasteiger partial charge < -0.3 is 5.73 Å². The molecule has 0 bridgehead atoms. The average Bonchev–Trinajstić information content (AvgIpc) is 2.99. The summed E-state index contributed by atoms with van der Waals surface area (Å²) in [6, 6.07) is 5.60. The van der Waals surface area contributed by atoms with E-state index in [0.29, 0.717) is 18.0 Å². The molecule has 1 aromatic rings. The van der Waals surface area contributed by atoms with E-state index in [2.05, 4.69) is 29.3 Å². The average molecular weight is 250 g/mol. The predicted octanol–water partition coefficient (Wildman–Crippen LogP) is 2.87. The monoisotopic (exact) mass is 250 g/mol. The van der Waals surface area contributed by atoms with Crippen molar-refractivity contribution in [3.8, 4) is 0 Å². The van der Waals surface area contributed by atoms with Crippen LogP contribution in [0.4, 0.5) is 0 Å². The Bertz CT molecular complexity index is 358. The lowest BCUT2D eigenvalue weighted by atomic mass is 9.92. The number of rotatable bonds is 3. The first-order valence-electron chi connectivity index (χ1n) is 6.78. The van der Waals surface area contributed by atoms with Crippen molar-refractivity contribution in [3.63, 3.8) is 0 Å². The van der Waals surface area contributed by atoms with Crippen LogP contribution in [0.1, 0.15) is 37.1 Å². The molecule has 2 heterocycles. The van der Waals surface area contributed by atoms with E-state index in [-0.39, 0.29) is 0 Å². The van der Waals surface area contributed by atoms with E-state index >= 15 is 0 Å². The quantitative estimate of drug-likeness (QED) is 0.894. The Morgan fingerprint density at radius 1 is 1.41 bits per heavy atom. The van der Waals surface area contributed by atoms with Crippen LogP contribution in [0.15, 0.2) is 17.5 Å². The van der Waals surface area contributed by atoms with Crippen LogP contribution >= 0.6 is 11.3 Å². The van der Waals surface area contributed by atoms with Gasteiger partial charge in [-0.15, -0.1) is 11.3 Å². The second kappa shape index (κ2) is 4.71. The SMILES string of the molecule is CC1CN(C(c2cccs2)C2CC2)CCC1N. The van der Waals surface area contributed by atoms with Crippen molar-refractivity contribution in [2.75, 3.05) is 13.1 Å². The summed E-state index contributed by atoms with van der Waals surface area (Å²) < 4.78 is 0. The summed E-state index contributed by atoms with van der Waals surface area (Å²) in [7, 11) is 0. The van der Waals surface area contributed by atoms with Gasteiger partial charge in [0, 0.05) is 30.1 Å². The molecular formula is C14H22N2S. The zero-order valence-electron chi connectivity index (χ0n) is 10.5. The molecule has 1 aliphatic carbocycles. The van der Waals surface area contributed by atoms with E-state index in [9.17, 15) is 0 Å². The zero-order chi connectivity index (χ0) is 11.8. The molecule has 0 aromatic carbocycles. The summed E-state index contributed by atoms with van der Waals surface area (Å²) >= 11 is 1.92. The third-order valence-corrected chi connectivity index (χ3v) is 5.24. The maximum Gasteiger partial charge on any atom is 0.0469 e. The Morgan fingerprint density at radius 2 is 2.24 bits per heavy atom. The molecule has 0 spiro atoms. The van der Waals surface area contributed by atoms with Gasteiger partial charge in [0.15, 0.2) is 0 Å². The third kappa shape index (κ3) is 2.42. The first-order valence-corrected chi connectivity index (χ1v) is 7.66. The number of nitrogens with zero attached hydrogens (tertiary/aromatic N) is 1. The molecule has 1 saturated carbocycles. The van der Waals surface area contributed by atoms with Gasteiger partial charge in [0.05, 0.1) is 0 Å². The first kappa shape index (κ1) is 11.7. The van der Waals surface area contributed by atoms with Crippen LogP contribution in [-0.2, 0) is 0 Å². The van der Waals surface area contributed by atoms with Gasteiger partial charge in [-0.2, -0.15) is 0 Å². The van der Waals surface area contributed by atoms with E-state index in [1.165, 1.54) is 25.9 Å². The molecule has 1 aromatic heterocycles. The summed E-state index contributed by atoms with van der Waals surface area (Å²) in [4.78, 5) is 4.26. The molecule has 0 amide bonds. The molecular weight excluding hydrogens is 228 g/mol. The minimum Gasteiger partial charge on any atom is -0.327 e. The molecule has 17 heavy (non-hydrogen) atoms. The summed E-state index contributed by atoms with van der Waals surface area (Å²) in [5.41, 5.74) is 6.13. The molecule has 2 aliphatic rings. The summed E-state index contributed by atoms with van der Waals surface area (Å²) in [5, 5.41) is 2.21. The van der Waals surface area contributed by atoms with Crippen molar-refractivity contribution in [3.05, 3.63) is 22.4 Å². The Morgan fingerprint density at radius 3 is 2.82 bits per heavy atom. The van der Waals surface area contributed by atoms with E-state index < -0.39 is 0 Å². The molecule has 2 fully saturated rings. The van der Waals surface area contributed by atoms with Crippen molar-refractivity contribution in [1.82, 2.24) is 4.90 Å². The van der Waals surface area contributed by atoms with Crippen molar-refractivity contribution in [2.24, 2.45) is 17.6 Å². The number of hydrogen-bond donors (Lipinski definition) is 1. The molecule has 3 rings (SSSR count). The Balaban J connectivity index is 1.76. The first-order chi connectivity index (χ1) is 8.25. The van der Waals surface area contributed by atoms with E-state index in [1.54, 1.807) is 4.88 Å². The van der Waals surface area contributed by atoms with E-state index in [1.807, 2.05) is 11.3 Å². The van der Waals surface area contributed by atoms with Gasteiger partial charge in [0.25, 0.3) is 0 Å². The lowest BCUT2D eigenvalue weighted by molar-refractivity contribution is 0.105. The Hall–Kier alpha value is -0.380. The molecule has 94 valence electrons. The fourth-order valence-electron chi connectivity index (χ4n) is 3.03. The van der Waals surface area contributed by atoms with Crippen molar-refractivity contribution < 1.29 is 0 Å². The topological polar surface area (TPSA) is 29.3 Å². The van der Waals surface area contributed by atoms with E-state index in [0.717, 1.165) is 12.3 Å². The Kier molecular flexibility index (Phi) is 3.24. The van der Waals surface area contributed by atoms with Gasteiger partial charge >= 0.3 is 0 Å². The van der Waals surface area contributed by atoms with Crippen LogP contribution < -0.4 is 5.73 Å². The molecule has 3 heteroatoms. The van der Waals surface area contributed by atoms with Gasteiger partial charge in [0.1, 0.15) is 0 Å². The third-order valence-electron chi connectivity index (χ3n) is 4.30. The fraction of sp³-hybridized carbons (Fsp3) is 0.714. The maximum atomic E-state index is 6.13. The normalized spacial score (nSPS) is 32.6. The van der Waals surface area contributed by atoms with Gasteiger partial charge in [-0.05, 0) is 42.5 Å². The zero-order valence-corrected chi connectivity index (χ0v) is 11.3. The summed E-state index contributed by atoms with van der Waals surface area (Å²) in [6.07, 6.45) is 3.99. The van der Waals surface area contributed by atoms with Crippen molar-refractivity contribution in [1.29, 1.82) is 0 Å². The molecule has 1 saturated heterocycles. The summed E-state index contributed by atoms with van der Waals surface area (Å²) in [5.74, 6) is 1.56. The number of thiophene rings is 1. The van der Waals surface area contributed by atoms with Crippen LogP contribution in [0.5, 0.6) is 0 Å². The summed E-state index contributed by atoms with van der Waals surface area (Å²) in [6.45, 7) is 4.67. The molecule has 2 nitrogen and oxygen atoms in total. The highest BCUT2D eigenvalue weighted by Crippen LogP contribution is 2.46. The highest BCUT2D eigenvalue weighted by molar-refractivity contribution is 7.10. The highest BCUT2D eigenvalue weighted by atomic mass is 32.1. The number of likely N-dealkylation sites (tertiary alicyclic amines) is 1. The second-order valence-corrected chi connectivity index (χ2v) is 6.70. The maximum absolute atomic E-state index is 6.13. The largest absolute Gasteiger partial charge is 0.327 e. The van der Waals surface area contributed by atoms with Crippen molar-refractivity contribution in [2.45, 2.75) is 38.3 Å². The molecule has 2 N–H and O–H groups in total. The smallest absolute Gasteiger partial charge is 0.0469 e. The van der Waals surface area contributed by atoms with E-state index in [4.69, 9.17) is 5.73 Å². The van der Waals surface area contributed by atoms with Gasteiger partial charge in [-0.1, -0.05) is 13.0 Å². The minimum absolute atomic E-state index is 0.412. The Labute approximate surface area is 108 Å². The highest BCUT2D eigenvalue weighted by Gasteiger charge is 2.39. The van der Waals surface area contributed by atoms with Crippen LogP contribution in [0, 0.1) is 11.8 Å². The number of hydrogen-bond acceptors (Lipinski definition) is 3.